The van der Waals surface area contributed by atoms with Gasteiger partial charge in [0.05, 0.1) is 0 Å². The molecule has 2 aromatic carbocycles. The van der Waals surface area contributed by atoms with Crippen molar-refractivity contribution in [1.29, 1.82) is 0 Å². The van der Waals surface area contributed by atoms with Crippen LogP contribution in [0.3, 0.4) is 0 Å². The van der Waals surface area contributed by atoms with E-state index in [4.69, 9.17) is 9.47 Å². The van der Waals surface area contributed by atoms with Crippen molar-refractivity contribution in [2.45, 2.75) is 25.6 Å². The van der Waals surface area contributed by atoms with Gasteiger partial charge in [-0.15, -0.1) is 0 Å². The second-order valence-electron chi connectivity index (χ2n) is 5.31. The molecule has 120 valence electrons. The van der Waals surface area contributed by atoms with Crippen molar-refractivity contribution in [3.63, 3.8) is 0 Å². The standard InChI is InChI=1S/C19H20O4/c1-15(20)19(22-2,13-16-9-5-3-6-10-16)18(21)23-14-17-11-7-4-8-12-17/h3-12H,13-14H2,1-2H3. The van der Waals surface area contributed by atoms with Crippen molar-refractivity contribution < 1.29 is 19.1 Å². The molecule has 0 saturated carbocycles. The summed E-state index contributed by atoms with van der Waals surface area (Å²) in [6.07, 6.45) is 0.146. The predicted molar refractivity (Wildman–Crippen MR) is 86.8 cm³/mol. The van der Waals surface area contributed by atoms with Crippen LogP contribution in [-0.4, -0.2) is 24.5 Å². The Bertz CT molecular complexity index is 652. The van der Waals surface area contributed by atoms with Gasteiger partial charge in [-0.1, -0.05) is 60.7 Å². The highest BCUT2D eigenvalue weighted by Crippen LogP contribution is 2.22. The van der Waals surface area contributed by atoms with Crippen LogP contribution in [-0.2, 0) is 32.1 Å². The summed E-state index contributed by atoms with van der Waals surface area (Å²) in [5.41, 5.74) is 0.0752. The van der Waals surface area contributed by atoms with Crippen LogP contribution in [0.1, 0.15) is 18.1 Å². The first-order chi connectivity index (χ1) is 11.1. The van der Waals surface area contributed by atoms with Gasteiger partial charge in [0.2, 0.25) is 5.60 Å². The molecule has 1 unspecified atom stereocenters. The summed E-state index contributed by atoms with van der Waals surface area (Å²) in [6.45, 7) is 1.45. The Labute approximate surface area is 136 Å². The Balaban J connectivity index is 2.16. The van der Waals surface area contributed by atoms with E-state index in [2.05, 4.69) is 0 Å². The lowest BCUT2D eigenvalue weighted by Gasteiger charge is -2.27. The molecule has 0 aliphatic carbocycles. The minimum absolute atomic E-state index is 0.104. The highest BCUT2D eigenvalue weighted by molar-refractivity contribution is 6.06. The summed E-state index contributed by atoms with van der Waals surface area (Å²) < 4.78 is 10.7. The number of hydrogen-bond acceptors (Lipinski definition) is 4. The van der Waals surface area contributed by atoms with Crippen molar-refractivity contribution in [3.8, 4) is 0 Å². The minimum Gasteiger partial charge on any atom is -0.458 e. The molecule has 0 amide bonds. The van der Waals surface area contributed by atoms with Crippen molar-refractivity contribution >= 4 is 11.8 Å². The summed E-state index contributed by atoms with van der Waals surface area (Å²) in [7, 11) is 1.36. The molecule has 2 rings (SSSR count). The van der Waals surface area contributed by atoms with Crippen LogP contribution < -0.4 is 0 Å². The van der Waals surface area contributed by atoms with Gasteiger partial charge < -0.3 is 9.47 Å². The number of hydrogen-bond donors (Lipinski definition) is 0. The lowest BCUT2D eigenvalue weighted by atomic mass is 9.90. The maximum Gasteiger partial charge on any atom is 0.346 e. The zero-order valence-electron chi connectivity index (χ0n) is 13.3. The molecule has 0 fully saturated rings. The van der Waals surface area contributed by atoms with Gasteiger partial charge in [0.1, 0.15) is 6.61 Å². The predicted octanol–water partition coefficient (Wildman–Crippen LogP) is 2.95. The van der Waals surface area contributed by atoms with E-state index in [1.165, 1.54) is 14.0 Å². The zero-order chi connectivity index (χ0) is 16.7. The smallest absolute Gasteiger partial charge is 0.346 e. The van der Waals surface area contributed by atoms with Crippen molar-refractivity contribution in [1.82, 2.24) is 0 Å². The summed E-state index contributed by atoms with van der Waals surface area (Å²) in [6, 6.07) is 18.6. The van der Waals surface area contributed by atoms with E-state index < -0.39 is 11.6 Å². The van der Waals surface area contributed by atoms with E-state index in [9.17, 15) is 9.59 Å². The van der Waals surface area contributed by atoms with E-state index in [0.29, 0.717) is 0 Å². The second-order valence-corrected chi connectivity index (χ2v) is 5.31. The third-order valence-corrected chi connectivity index (χ3v) is 3.76. The Kier molecular flexibility index (Phi) is 5.66. The van der Waals surface area contributed by atoms with Gasteiger partial charge >= 0.3 is 5.97 Å². The molecule has 0 spiro atoms. The number of Topliss-reactive ketones (excluding diaryl/α,β-unsaturated/α-hetero) is 1. The first-order valence-electron chi connectivity index (χ1n) is 7.40. The second kappa shape index (κ2) is 7.70. The van der Waals surface area contributed by atoms with E-state index in [1.807, 2.05) is 60.7 Å². The Morgan fingerprint density at radius 2 is 1.43 bits per heavy atom. The molecule has 0 aromatic heterocycles. The van der Waals surface area contributed by atoms with Gasteiger partial charge in [-0.05, 0) is 18.1 Å². The minimum atomic E-state index is -1.61. The van der Waals surface area contributed by atoms with Crippen LogP contribution in [0.4, 0.5) is 0 Å². The summed E-state index contributed by atoms with van der Waals surface area (Å²) in [5.74, 6) is -1.04. The number of carbonyl (C=O) groups excluding carboxylic acids is 2. The molecule has 0 bridgehead atoms. The maximum atomic E-state index is 12.5. The SMILES string of the molecule is COC(Cc1ccccc1)(C(C)=O)C(=O)OCc1ccccc1. The van der Waals surface area contributed by atoms with Crippen LogP contribution in [0.15, 0.2) is 60.7 Å². The normalized spacial score (nSPS) is 13.1. The summed E-state index contributed by atoms with van der Waals surface area (Å²) in [5, 5.41) is 0. The van der Waals surface area contributed by atoms with Gasteiger partial charge in [0, 0.05) is 13.5 Å². The monoisotopic (exact) mass is 312 g/mol. The van der Waals surface area contributed by atoms with E-state index in [-0.39, 0.29) is 18.8 Å². The number of benzene rings is 2. The van der Waals surface area contributed by atoms with Crippen molar-refractivity contribution in [2.24, 2.45) is 0 Å². The summed E-state index contributed by atoms with van der Waals surface area (Å²) >= 11 is 0. The van der Waals surface area contributed by atoms with Crippen LogP contribution in [0, 0.1) is 0 Å². The first-order valence-corrected chi connectivity index (χ1v) is 7.40. The third kappa shape index (κ3) is 4.05. The average Bonchev–Trinajstić information content (AvgIpc) is 2.59. The molecule has 2 aromatic rings. The van der Waals surface area contributed by atoms with Gasteiger partial charge in [-0.3, -0.25) is 4.79 Å². The number of esters is 1. The molecule has 0 heterocycles. The number of ether oxygens (including phenoxy) is 2. The highest BCUT2D eigenvalue weighted by atomic mass is 16.6. The molecular weight excluding hydrogens is 292 g/mol. The zero-order valence-corrected chi connectivity index (χ0v) is 13.3. The quantitative estimate of drug-likeness (QED) is 0.582. The number of ketones is 1. The van der Waals surface area contributed by atoms with Gasteiger partial charge in [0.15, 0.2) is 5.78 Å². The fourth-order valence-corrected chi connectivity index (χ4v) is 2.36. The molecular formula is C19H20O4. The number of rotatable bonds is 7. The van der Waals surface area contributed by atoms with E-state index >= 15 is 0 Å². The van der Waals surface area contributed by atoms with Gasteiger partial charge in [-0.2, -0.15) is 0 Å². The van der Waals surface area contributed by atoms with Gasteiger partial charge in [-0.25, -0.2) is 4.79 Å². The average molecular weight is 312 g/mol. The van der Waals surface area contributed by atoms with Crippen LogP contribution >= 0.6 is 0 Å². The molecule has 4 nitrogen and oxygen atoms in total. The molecule has 1 atom stereocenters. The van der Waals surface area contributed by atoms with Crippen LogP contribution in [0.5, 0.6) is 0 Å². The molecule has 4 heteroatoms. The van der Waals surface area contributed by atoms with E-state index in [0.717, 1.165) is 11.1 Å². The molecule has 0 N–H and O–H groups in total. The lowest BCUT2D eigenvalue weighted by molar-refractivity contribution is -0.174. The van der Waals surface area contributed by atoms with Crippen molar-refractivity contribution in [3.05, 3.63) is 71.8 Å². The molecule has 0 radical (unpaired) electrons. The van der Waals surface area contributed by atoms with E-state index in [1.54, 1.807) is 0 Å². The van der Waals surface area contributed by atoms with Crippen LogP contribution in [0.25, 0.3) is 0 Å². The topological polar surface area (TPSA) is 52.6 Å². The summed E-state index contributed by atoms with van der Waals surface area (Å²) in [4.78, 5) is 24.7. The molecule has 0 aliphatic rings. The van der Waals surface area contributed by atoms with Gasteiger partial charge in [0.25, 0.3) is 0 Å². The highest BCUT2D eigenvalue weighted by Gasteiger charge is 2.45. The molecule has 0 saturated heterocycles. The number of carbonyl (C=O) groups is 2. The third-order valence-electron chi connectivity index (χ3n) is 3.76. The van der Waals surface area contributed by atoms with Crippen molar-refractivity contribution in [2.75, 3.05) is 7.11 Å². The maximum absolute atomic E-state index is 12.5. The Hall–Kier alpha value is -2.46. The number of methoxy groups -OCH3 is 1. The van der Waals surface area contributed by atoms with Crippen LogP contribution in [0.2, 0.25) is 0 Å². The Morgan fingerprint density at radius 1 is 0.913 bits per heavy atom. The lowest BCUT2D eigenvalue weighted by Crippen LogP contribution is -2.50. The molecule has 23 heavy (non-hydrogen) atoms. The fraction of sp³-hybridized carbons (Fsp3) is 0.263. The molecule has 0 aliphatic heterocycles. The first kappa shape index (κ1) is 16.9. The fourth-order valence-electron chi connectivity index (χ4n) is 2.36. The Morgan fingerprint density at radius 3 is 1.91 bits per heavy atom. The largest absolute Gasteiger partial charge is 0.458 e.